The summed E-state index contributed by atoms with van der Waals surface area (Å²) in [4.78, 5) is 14.7. The molecule has 2 rings (SSSR count). The molecule has 21 heavy (non-hydrogen) atoms. The normalized spacial score (nSPS) is 20.3. The van der Waals surface area contributed by atoms with Crippen LogP contribution in [0.15, 0.2) is 24.3 Å². The molecule has 0 aromatic heterocycles. The summed E-state index contributed by atoms with van der Waals surface area (Å²) in [6.45, 7) is 8.86. The molecule has 1 heterocycles. The molecule has 1 aromatic rings. The molecule has 4 heteroatoms. The number of carbonyl (C=O) groups is 1. The highest BCUT2D eigenvalue weighted by Crippen LogP contribution is 2.20. The van der Waals surface area contributed by atoms with E-state index >= 15 is 0 Å². The molecule has 1 aromatic carbocycles. The van der Waals surface area contributed by atoms with Crippen LogP contribution < -0.4 is 5.32 Å². The Kier molecular flexibility index (Phi) is 5.28. The molecule has 1 N–H and O–H groups in total. The predicted octanol–water partition coefficient (Wildman–Crippen LogP) is 3.47. The van der Waals surface area contributed by atoms with Crippen LogP contribution in [0.3, 0.4) is 0 Å². The summed E-state index contributed by atoms with van der Waals surface area (Å²) in [5.41, 5.74) is 1.09. The Morgan fingerprint density at radius 3 is 2.62 bits per heavy atom. The molecular weight excluding hydrogens is 284 g/mol. The molecule has 0 bridgehead atoms. The van der Waals surface area contributed by atoms with E-state index in [1.54, 1.807) is 0 Å². The Hall–Kier alpha value is -1.06. The molecule has 1 atom stereocenters. The van der Waals surface area contributed by atoms with Gasteiger partial charge in [0, 0.05) is 23.7 Å². The third-order valence-corrected chi connectivity index (χ3v) is 3.95. The van der Waals surface area contributed by atoms with E-state index in [1.165, 1.54) is 5.56 Å². The van der Waals surface area contributed by atoms with Gasteiger partial charge < -0.3 is 5.32 Å². The van der Waals surface area contributed by atoms with E-state index in [0.717, 1.165) is 37.5 Å². The molecule has 116 valence electrons. The average Bonchev–Trinajstić information content (AvgIpc) is 2.40. The van der Waals surface area contributed by atoms with Crippen LogP contribution in [-0.4, -0.2) is 29.4 Å². The lowest BCUT2D eigenvalue weighted by Gasteiger charge is -2.33. The summed E-state index contributed by atoms with van der Waals surface area (Å²) in [5, 5.41) is 3.86. The molecule has 0 aliphatic carbocycles. The number of halogens is 1. The molecule has 1 amide bonds. The number of benzene rings is 1. The van der Waals surface area contributed by atoms with Crippen LogP contribution >= 0.6 is 11.6 Å². The standard InChI is InChI=1S/C17H25ClN2O/c1-17(2,3)19-16(21)14-5-4-10-20(12-14)11-13-6-8-15(18)9-7-13/h6-9,14H,4-5,10-12H2,1-3H3,(H,19,21)/t14-/m1/s1. The topological polar surface area (TPSA) is 32.3 Å². The molecule has 0 radical (unpaired) electrons. The van der Waals surface area contributed by atoms with Gasteiger partial charge in [-0.1, -0.05) is 23.7 Å². The van der Waals surface area contributed by atoms with E-state index in [9.17, 15) is 4.79 Å². The number of amides is 1. The molecule has 0 spiro atoms. The number of nitrogens with zero attached hydrogens (tertiary/aromatic N) is 1. The van der Waals surface area contributed by atoms with E-state index in [0.29, 0.717) is 0 Å². The van der Waals surface area contributed by atoms with E-state index < -0.39 is 0 Å². The maximum atomic E-state index is 12.3. The number of piperidine rings is 1. The van der Waals surface area contributed by atoms with Crippen LogP contribution in [-0.2, 0) is 11.3 Å². The smallest absolute Gasteiger partial charge is 0.224 e. The Morgan fingerprint density at radius 2 is 2.00 bits per heavy atom. The van der Waals surface area contributed by atoms with Crippen molar-refractivity contribution in [2.45, 2.75) is 45.7 Å². The minimum Gasteiger partial charge on any atom is -0.351 e. The quantitative estimate of drug-likeness (QED) is 0.927. The summed E-state index contributed by atoms with van der Waals surface area (Å²) in [6, 6.07) is 7.96. The van der Waals surface area contributed by atoms with Gasteiger partial charge in [0.25, 0.3) is 0 Å². The van der Waals surface area contributed by atoms with Gasteiger partial charge in [-0.2, -0.15) is 0 Å². The van der Waals surface area contributed by atoms with Crippen molar-refractivity contribution in [2.75, 3.05) is 13.1 Å². The Bertz CT molecular complexity index is 479. The first-order valence-electron chi connectivity index (χ1n) is 7.62. The summed E-state index contributed by atoms with van der Waals surface area (Å²) in [5.74, 6) is 0.286. The van der Waals surface area contributed by atoms with Crippen LogP contribution in [0.4, 0.5) is 0 Å². The van der Waals surface area contributed by atoms with Crippen molar-refractivity contribution in [3.8, 4) is 0 Å². The lowest BCUT2D eigenvalue weighted by molar-refractivity contribution is -0.128. The first-order chi connectivity index (χ1) is 9.83. The van der Waals surface area contributed by atoms with Crippen molar-refractivity contribution in [3.05, 3.63) is 34.9 Å². The Morgan fingerprint density at radius 1 is 1.33 bits per heavy atom. The van der Waals surface area contributed by atoms with Crippen molar-refractivity contribution < 1.29 is 4.79 Å². The summed E-state index contributed by atoms with van der Waals surface area (Å²) < 4.78 is 0. The second kappa shape index (κ2) is 6.80. The Labute approximate surface area is 132 Å². The van der Waals surface area contributed by atoms with Crippen LogP contribution in [0, 0.1) is 5.92 Å². The SMILES string of the molecule is CC(C)(C)NC(=O)[C@@H]1CCCN(Cc2ccc(Cl)cc2)C1. The largest absolute Gasteiger partial charge is 0.351 e. The van der Waals surface area contributed by atoms with Gasteiger partial charge in [-0.25, -0.2) is 0 Å². The predicted molar refractivity (Wildman–Crippen MR) is 87.3 cm³/mol. The zero-order chi connectivity index (χ0) is 15.5. The number of nitrogens with one attached hydrogen (secondary N) is 1. The fourth-order valence-electron chi connectivity index (χ4n) is 2.73. The molecule has 0 saturated carbocycles. The first-order valence-corrected chi connectivity index (χ1v) is 8.00. The lowest BCUT2D eigenvalue weighted by Crippen LogP contribution is -2.48. The van der Waals surface area contributed by atoms with Crippen LogP contribution in [0.5, 0.6) is 0 Å². The summed E-state index contributed by atoms with van der Waals surface area (Å²) in [7, 11) is 0. The molecule has 3 nitrogen and oxygen atoms in total. The van der Waals surface area contributed by atoms with E-state index in [-0.39, 0.29) is 17.4 Å². The van der Waals surface area contributed by atoms with Gasteiger partial charge in [-0.3, -0.25) is 9.69 Å². The summed E-state index contributed by atoms with van der Waals surface area (Å²) in [6.07, 6.45) is 2.06. The number of carbonyl (C=O) groups excluding carboxylic acids is 1. The minimum atomic E-state index is -0.157. The molecule has 0 unspecified atom stereocenters. The lowest BCUT2D eigenvalue weighted by atomic mass is 9.95. The summed E-state index contributed by atoms with van der Waals surface area (Å²) >= 11 is 5.91. The first kappa shape index (κ1) is 16.3. The van der Waals surface area contributed by atoms with Crippen LogP contribution in [0.1, 0.15) is 39.2 Å². The van der Waals surface area contributed by atoms with Crippen molar-refractivity contribution >= 4 is 17.5 Å². The number of rotatable bonds is 3. The van der Waals surface area contributed by atoms with Gasteiger partial charge in [0.2, 0.25) is 5.91 Å². The van der Waals surface area contributed by atoms with Gasteiger partial charge >= 0.3 is 0 Å². The molecule has 1 saturated heterocycles. The monoisotopic (exact) mass is 308 g/mol. The molecular formula is C17H25ClN2O. The van der Waals surface area contributed by atoms with Crippen LogP contribution in [0.25, 0.3) is 0 Å². The highest BCUT2D eigenvalue weighted by Gasteiger charge is 2.27. The van der Waals surface area contributed by atoms with Crippen molar-refractivity contribution in [1.82, 2.24) is 10.2 Å². The average molecular weight is 309 g/mol. The maximum absolute atomic E-state index is 12.3. The van der Waals surface area contributed by atoms with E-state index in [1.807, 2.05) is 32.9 Å². The maximum Gasteiger partial charge on any atom is 0.224 e. The number of hydrogen-bond acceptors (Lipinski definition) is 2. The highest BCUT2D eigenvalue weighted by atomic mass is 35.5. The van der Waals surface area contributed by atoms with Gasteiger partial charge in [0.1, 0.15) is 0 Å². The molecule has 1 fully saturated rings. The van der Waals surface area contributed by atoms with Gasteiger partial charge in [0.05, 0.1) is 5.92 Å². The number of hydrogen-bond donors (Lipinski definition) is 1. The fourth-order valence-corrected chi connectivity index (χ4v) is 2.86. The number of likely N-dealkylation sites (tertiary alicyclic amines) is 1. The van der Waals surface area contributed by atoms with Gasteiger partial charge in [0.15, 0.2) is 0 Å². The zero-order valence-electron chi connectivity index (χ0n) is 13.2. The van der Waals surface area contributed by atoms with Crippen molar-refractivity contribution in [3.63, 3.8) is 0 Å². The third kappa shape index (κ3) is 5.33. The molecule has 1 aliphatic heterocycles. The fraction of sp³-hybridized carbons (Fsp3) is 0.588. The second-order valence-corrected chi connectivity index (χ2v) is 7.38. The van der Waals surface area contributed by atoms with Crippen molar-refractivity contribution in [2.24, 2.45) is 5.92 Å². The van der Waals surface area contributed by atoms with Gasteiger partial charge in [-0.15, -0.1) is 0 Å². The van der Waals surface area contributed by atoms with E-state index in [4.69, 9.17) is 11.6 Å². The van der Waals surface area contributed by atoms with Crippen LogP contribution in [0.2, 0.25) is 5.02 Å². The van der Waals surface area contributed by atoms with E-state index in [2.05, 4.69) is 22.3 Å². The highest BCUT2D eigenvalue weighted by molar-refractivity contribution is 6.30. The van der Waals surface area contributed by atoms with Crippen molar-refractivity contribution in [1.29, 1.82) is 0 Å². The molecule has 1 aliphatic rings. The Balaban J connectivity index is 1.91. The third-order valence-electron chi connectivity index (χ3n) is 3.69. The second-order valence-electron chi connectivity index (χ2n) is 6.94. The van der Waals surface area contributed by atoms with Gasteiger partial charge in [-0.05, 0) is 57.9 Å². The zero-order valence-corrected chi connectivity index (χ0v) is 13.9. The minimum absolute atomic E-state index is 0.102.